The molecule has 0 aliphatic carbocycles. The van der Waals surface area contributed by atoms with E-state index in [1.54, 1.807) is 0 Å². The van der Waals surface area contributed by atoms with Crippen molar-refractivity contribution in [3.8, 4) is 0 Å². The van der Waals surface area contributed by atoms with Crippen LogP contribution in [0, 0.1) is 0 Å². The summed E-state index contributed by atoms with van der Waals surface area (Å²) in [6.07, 6.45) is 0. The SMILES string of the molecule is O=c1c2cccc3ccc4cccc1c4c32. The molecule has 4 rings (SSSR count). The maximum Gasteiger partial charge on any atom is 0.194 e. The van der Waals surface area contributed by atoms with Crippen molar-refractivity contribution in [2.24, 2.45) is 0 Å². The molecule has 0 aliphatic rings. The Morgan fingerprint density at radius 3 is 1.62 bits per heavy atom. The van der Waals surface area contributed by atoms with E-state index in [0.29, 0.717) is 0 Å². The van der Waals surface area contributed by atoms with Gasteiger partial charge in [-0.25, -0.2) is 0 Å². The van der Waals surface area contributed by atoms with E-state index >= 15 is 0 Å². The molecule has 0 aliphatic heterocycles. The summed E-state index contributed by atoms with van der Waals surface area (Å²) in [6.45, 7) is 0. The molecule has 0 saturated carbocycles. The van der Waals surface area contributed by atoms with Gasteiger partial charge in [-0.15, -0.1) is 0 Å². The minimum atomic E-state index is 0.164. The third kappa shape index (κ3) is 0.760. The van der Waals surface area contributed by atoms with Crippen LogP contribution in [0.15, 0.2) is 53.3 Å². The van der Waals surface area contributed by atoms with Gasteiger partial charge in [-0.05, 0) is 10.8 Å². The molecular weight excluding hydrogens is 196 g/mol. The highest BCUT2D eigenvalue weighted by molar-refractivity contribution is 6.25. The van der Waals surface area contributed by atoms with Gasteiger partial charge in [0.2, 0.25) is 0 Å². The van der Waals surface area contributed by atoms with Crippen molar-refractivity contribution >= 4 is 32.3 Å². The van der Waals surface area contributed by atoms with E-state index in [1.807, 2.05) is 24.3 Å². The van der Waals surface area contributed by atoms with E-state index in [2.05, 4.69) is 24.3 Å². The van der Waals surface area contributed by atoms with Crippen molar-refractivity contribution in [3.05, 3.63) is 58.8 Å². The fourth-order valence-electron chi connectivity index (χ4n) is 2.68. The smallest absolute Gasteiger partial charge is 0.194 e. The molecule has 0 radical (unpaired) electrons. The lowest BCUT2D eigenvalue weighted by atomic mass is 10.0. The van der Waals surface area contributed by atoms with E-state index in [0.717, 1.165) is 32.3 Å². The van der Waals surface area contributed by atoms with Crippen molar-refractivity contribution in [3.63, 3.8) is 0 Å². The van der Waals surface area contributed by atoms with Crippen LogP contribution in [-0.4, -0.2) is 0 Å². The average Bonchev–Trinajstić information content (AvgIpc) is 2.64. The molecular formula is C15H8O. The molecule has 0 fully saturated rings. The molecule has 0 atom stereocenters. The summed E-state index contributed by atoms with van der Waals surface area (Å²) in [7, 11) is 0. The molecule has 74 valence electrons. The van der Waals surface area contributed by atoms with Crippen molar-refractivity contribution in [1.29, 1.82) is 0 Å². The van der Waals surface area contributed by atoms with Gasteiger partial charge in [0.25, 0.3) is 0 Å². The largest absolute Gasteiger partial charge is 0.289 e. The van der Waals surface area contributed by atoms with Crippen LogP contribution in [0.2, 0.25) is 0 Å². The Morgan fingerprint density at radius 2 is 1.12 bits per heavy atom. The lowest BCUT2D eigenvalue weighted by molar-refractivity contribution is 1.82. The Balaban J connectivity index is 2.61. The molecule has 0 aromatic heterocycles. The second-order valence-corrected chi connectivity index (χ2v) is 4.20. The van der Waals surface area contributed by atoms with Crippen molar-refractivity contribution < 1.29 is 0 Å². The van der Waals surface area contributed by atoms with E-state index in [4.69, 9.17) is 0 Å². The third-order valence-corrected chi connectivity index (χ3v) is 3.38. The van der Waals surface area contributed by atoms with Gasteiger partial charge in [0, 0.05) is 21.5 Å². The normalized spacial score (nSPS) is 12.0. The topological polar surface area (TPSA) is 17.1 Å². The molecule has 16 heavy (non-hydrogen) atoms. The summed E-state index contributed by atoms with van der Waals surface area (Å²) < 4.78 is 0. The summed E-state index contributed by atoms with van der Waals surface area (Å²) in [5.74, 6) is 0. The lowest BCUT2D eigenvalue weighted by Gasteiger charge is -2.00. The first-order valence-corrected chi connectivity index (χ1v) is 5.35. The molecule has 0 saturated heterocycles. The Bertz CT molecular complexity index is 791. The zero-order valence-electron chi connectivity index (χ0n) is 8.53. The molecule has 4 aromatic rings. The zero-order chi connectivity index (χ0) is 10.7. The Labute approximate surface area is 91.6 Å². The lowest BCUT2D eigenvalue weighted by Crippen LogP contribution is -1.92. The average molecular weight is 204 g/mol. The molecule has 4 aromatic carbocycles. The maximum absolute atomic E-state index is 12.2. The molecule has 0 N–H and O–H groups in total. The van der Waals surface area contributed by atoms with Crippen molar-refractivity contribution in [2.45, 2.75) is 0 Å². The Morgan fingerprint density at radius 1 is 0.625 bits per heavy atom. The van der Waals surface area contributed by atoms with Crippen LogP contribution in [0.4, 0.5) is 0 Å². The van der Waals surface area contributed by atoms with Gasteiger partial charge in [0.05, 0.1) is 0 Å². The predicted molar refractivity (Wildman–Crippen MR) is 67.6 cm³/mol. The van der Waals surface area contributed by atoms with Crippen LogP contribution < -0.4 is 5.43 Å². The summed E-state index contributed by atoms with van der Waals surface area (Å²) in [5.41, 5.74) is 0.164. The van der Waals surface area contributed by atoms with Gasteiger partial charge in [0.15, 0.2) is 5.43 Å². The highest BCUT2D eigenvalue weighted by Gasteiger charge is 2.13. The van der Waals surface area contributed by atoms with Crippen LogP contribution in [0.3, 0.4) is 0 Å². The first-order chi connectivity index (χ1) is 7.86. The Hall–Kier alpha value is -2.15. The highest BCUT2D eigenvalue weighted by Crippen LogP contribution is 2.33. The van der Waals surface area contributed by atoms with E-state index in [1.165, 1.54) is 0 Å². The molecule has 0 amide bonds. The summed E-state index contributed by atoms with van der Waals surface area (Å²) in [4.78, 5) is 12.2. The highest BCUT2D eigenvalue weighted by atomic mass is 16.1. The van der Waals surface area contributed by atoms with Crippen molar-refractivity contribution in [1.82, 2.24) is 0 Å². The van der Waals surface area contributed by atoms with E-state index in [-0.39, 0.29) is 5.43 Å². The van der Waals surface area contributed by atoms with Gasteiger partial charge < -0.3 is 0 Å². The maximum atomic E-state index is 12.2. The van der Waals surface area contributed by atoms with Crippen LogP contribution >= 0.6 is 0 Å². The van der Waals surface area contributed by atoms with Crippen LogP contribution in [0.25, 0.3) is 32.3 Å². The summed E-state index contributed by atoms with van der Waals surface area (Å²) >= 11 is 0. The second-order valence-electron chi connectivity index (χ2n) is 4.20. The molecule has 0 bridgehead atoms. The molecule has 0 spiro atoms. The van der Waals surface area contributed by atoms with Gasteiger partial charge >= 0.3 is 0 Å². The number of hydrogen-bond acceptors (Lipinski definition) is 1. The second kappa shape index (κ2) is 2.50. The fourth-order valence-corrected chi connectivity index (χ4v) is 2.68. The number of hydrogen-bond donors (Lipinski definition) is 0. The summed E-state index contributed by atoms with van der Waals surface area (Å²) in [5, 5.41) is 6.27. The van der Waals surface area contributed by atoms with E-state index in [9.17, 15) is 4.79 Å². The quantitative estimate of drug-likeness (QED) is 0.401. The van der Waals surface area contributed by atoms with Gasteiger partial charge in [-0.2, -0.15) is 0 Å². The molecule has 0 heterocycles. The van der Waals surface area contributed by atoms with Crippen LogP contribution in [-0.2, 0) is 0 Å². The predicted octanol–water partition coefficient (Wildman–Crippen LogP) is 3.38. The third-order valence-electron chi connectivity index (χ3n) is 3.38. The van der Waals surface area contributed by atoms with Crippen molar-refractivity contribution in [2.75, 3.05) is 0 Å². The van der Waals surface area contributed by atoms with Crippen LogP contribution in [0.1, 0.15) is 0 Å². The molecule has 1 nitrogen and oxygen atoms in total. The molecule has 0 unspecified atom stereocenters. The van der Waals surface area contributed by atoms with Gasteiger partial charge in [0.1, 0.15) is 0 Å². The van der Waals surface area contributed by atoms with E-state index < -0.39 is 0 Å². The number of benzene rings is 3. The Kier molecular flexibility index (Phi) is 1.26. The minimum absolute atomic E-state index is 0.164. The van der Waals surface area contributed by atoms with Crippen LogP contribution in [0.5, 0.6) is 0 Å². The standard InChI is InChI=1S/C15H8O/c16-15-11-5-1-3-9-7-8-10-4-2-6-12(15)14(10)13(9)11/h1-8H. The summed E-state index contributed by atoms with van der Waals surface area (Å²) in [6, 6.07) is 16.0. The zero-order valence-corrected chi connectivity index (χ0v) is 8.53. The molecule has 1 heteroatoms. The number of rotatable bonds is 0. The van der Waals surface area contributed by atoms with Gasteiger partial charge in [-0.1, -0.05) is 48.5 Å². The monoisotopic (exact) mass is 204 g/mol. The fraction of sp³-hybridized carbons (Fsp3) is 0. The first-order valence-electron chi connectivity index (χ1n) is 5.35. The first kappa shape index (κ1) is 8.05. The minimum Gasteiger partial charge on any atom is -0.289 e. The van der Waals surface area contributed by atoms with Gasteiger partial charge in [-0.3, -0.25) is 4.79 Å².